The van der Waals surface area contributed by atoms with Gasteiger partial charge in [0, 0.05) is 12.4 Å². The second-order valence-electron chi connectivity index (χ2n) is 4.63. The number of benzene rings is 1. The lowest BCUT2D eigenvalue weighted by Crippen LogP contribution is -2.03. The summed E-state index contributed by atoms with van der Waals surface area (Å²) in [6.07, 6.45) is 1.79. The maximum Gasteiger partial charge on any atom is 0.172 e. The molecule has 0 saturated heterocycles. The molecule has 0 atom stereocenters. The van der Waals surface area contributed by atoms with E-state index in [1.165, 1.54) is 6.26 Å². The number of fused-ring (bicyclic) bond motifs is 1. The highest BCUT2D eigenvalue weighted by molar-refractivity contribution is 5.99. The van der Waals surface area contributed by atoms with Crippen LogP contribution < -0.4 is 0 Å². The lowest BCUT2D eigenvalue weighted by Gasteiger charge is -1.95. The van der Waals surface area contributed by atoms with Crippen molar-refractivity contribution in [3.8, 4) is 0 Å². The van der Waals surface area contributed by atoms with Gasteiger partial charge in [0.25, 0.3) is 0 Å². The van der Waals surface area contributed by atoms with Crippen LogP contribution in [0.1, 0.15) is 21.8 Å². The maximum absolute atomic E-state index is 12.2. The van der Waals surface area contributed by atoms with Gasteiger partial charge in [0.05, 0.1) is 23.2 Å². The Hall–Kier alpha value is -2.36. The molecule has 0 radical (unpaired) electrons. The first-order valence-electron chi connectivity index (χ1n) is 6.14. The van der Waals surface area contributed by atoms with Gasteiger partial charge in [-0.25, -0.2) is 0 Å². The van der Waals surface area contributed by atoms with Gasteiger partial charge in [0.2, 0.25) is 0 Å². The molecule has 0 aliphatic heterocycles. The molecule has 4 nitrogen and oxygen atoms in total. The maximum atomic E-state index is 12.2. The van der Waals surface area contributed by atoms with Crippen molar-refractivity contribution in [3.63, 3.8) is 0 Å². The van der Waals surface area contributed by atoms with Gasteiger partial charge in [0.15, 0.2) is 5.78 Å². The highest BCUT2D eigenvalue weighted by Gasteiger charge is 2.14. The van der Waals surface area contributed by atoms with Crippen molar-refractivity contribution in [2.24, 2.45) is 7.05 Å². The zero-order valence-corrected chi connectivity index (χ0v) is 10.9. The van der Waals surface area contributed by atoms with Gasteiger partial charge >= 0.3 is 0 Å². The number of furan rings is 1. The molecule has 3 aromatic rings. The second kappa shape index (κ2) is 4.39. The van der Waals surface area contributed by atoms with Crippen molar-refractivity contribution in [1.82, 2.24) is 9.78 Å². The van der Waals surface area contributed by atoms with Crippen molar-refractivity contribution in [3.05, 3.63) is 53.6 Å². The summed E-state index contributed by atoms with van der Waals surface area (Å²) in [5.41, 5.74) is 2.45. The average Bonchev–Trinajstić information content (AvgIpc) is 2.96. The number of ketones is 1. The summed E-state index contributed by atoms with van der Waals surface area (Å²) in [7, 11) is 1.89. The standard InChI is InChI=1S/C15H14N2O2/c1-10-7-11(9-19-10)15(18)8-13-12-5-3-4-6-14(12)17(2)16-13/h3-7,9H,8H2,1-2H3. The van der Waals surface area contributed by atoms with Crippen molar-refractivity contribution in [2.75, 3.05) is 0 Å². The molecule has 3 rings (SSSR count). The van der Waals surface area contributed by atoms with E-state index in [9.17, 15) is 4.79 Å². The van der Waals surface area contributed by atoms with E-state index in [0.29, 0.717) is 12.0 Å². The molecule has 2 heterocycles. The van der Waals surface area contributed by atoms with Crippen LogP contribution in [0.4, 0.5) is 0 Å². The van der Waals surface area contributed by atoms with Gasteiger partial charge < -0.3 is 4.42 Å². The third-order valence-electron chi connectivity index (χ3n) is 3.21. The number of aryl methyl sites for hydroxylation is 2. The predicted molar refractivity (Wildman–Crippen MR) is 72.2 cm³/mol. The summed E-state index contributed by atoms with van der Waals surface area (Å²) in [4.78, 5) is 12.2. The van der Waals surface area contributed by atoms with Crippen LogP contribution in [0.5, 0.6) is 0 Å². The lowest BCUT2D eigenvalue weighted by atomic mass is 10.1. The summed E-state index contributed by atoms with van der Waals surface area (Å²) in [5, 5.41) is 5.45. The Morgan fingerprint density at radius 1 is 1.37 bits per heavy atom. The molecule has 0 saturated carbocycles. The molecule has 0 aliphatic rings. The Labute approximate surface area is 110 Å². The van der Waals surface area contributed by atoms with E-state index in [2.05, 4.69) is 5.10 Å². The van der Waals surface area contributed by atoms with E-state index in [1.807, 2.05) is 38.2 Å². The minimum atomic E-state index is 0.0284. The number of aromatic nitrogens is 2. The number of carbonyl (C=O) groups is 1. The van der Waals surface area contributed by atoms with Crippen LogP contribution >= 0.6 is 0 Å². The highest BCUT2D eigenvalue weighted by atomic mass is 16.3. The van der Waals surface area contributed by atoms with Crippen LogP contribution in [0.2, 0.25) is 0 Å². The first-order valence-corrected chi connectivity index (χ1v) is 6.14. The SMILES string of the molecule is Cc1cc(C(=O)Cc2nn(C)c3ccccc23)co1. The third-order valence-corrected chi connectivity index (χ3v) is 3.21. The molecule has 19 heavy (non-hydrogen) atoms. The number of Topliss-reactive ketones (excluding diaryl/α,β-unsaturated/α-hetero) is 1. The summed E-state index contributed by atoms with van der Waals surface area (Å²) >= 11 is 0. The quantitative estimate of drug-likeness (QED) is 0.675. The number of rotatable bonds is 3. The van der Waals surface area contributed by atoms with Crippen molar-refractivity contribution < 1.29 is 9.21 Å². The minimum absolute atomic E-state index is 0.0284. The average molecular weight is 254 g/mol. The Morgan fingerprint density at radius 2 is 2.16 bits per heavy atom. The van der Waals surface area contributed by atoms with Crippen molar-refractivity contribution in [1.29, 1.82) is 0 Å². The summed E-state index contributed by atoms with van der Waals surface area (Å²) in [6, 6.07) is 9.67. The van der Waals surface area contributed by atoms with Gasteiger partial charge in [-0.3, -0.25) is 9.48 Å². The van der Waals surface area contributed by atoms with Crippen LogP contribution in [-0.2, 0) is 13.5 Å². The van der Waals surface area contributed by atoms with Crippen LogP contribution in [0.15, 0.2) is 41.0 Å². The van der Waals surface area contributed by atoms with Gasteiger partial charge in [-0.15, -0.1) is 0 Å². The van der Waals surface area contributed by atoms with E-state index < -0.39 is 0 Å². The lowest BCUT2D eigenvalue weighted by molar-refractivity contribution is 0.0991. The van der Waals surface area contributed by atoms with Gasteiger partial charge in [-0.2, -0.15) is 5.10 Å². The molecule has 1 aromatic carbocycles. The van der Waals surface area contributed by atoms with Crippen LogP contribution in [0, 0.1) is 6.92 Å². The fraction of sp³-hybridized carbons (Fsp3) is 0.200. The monoisotopic (exact) mass is 254 g/mol. The number of hydrogen-bond acceptors (Lipinski definition) is 3. The van der Waals surface area contributed by atoms with Crippen LogP contribution in [0.25, 0.3) is 10.9 Å². The van der Waals surface area contributed by atoms with Crippen molar-refractivity contribution in [2.45, 2.75) is 13.3 Å². The molecule has 4 heteroatoms. The van der Waals surface area contributed by atoms with E-state index in [1.54, 1.807) is 10.7 Å². The molecule has 2 aromatic heterocycles. The van der Waals surface area contributed by atoms with E-state index in [-0.39, 0.29) is 5.78 Å². The molecular weight excluding hydrogens is 240 g/mol. The Morgan fingerprint density at radius 3 is 2.89 bits per heavy atom. The minimum Gasteiger partial charge on any atom is -0.469 e. The number of para-hydroxylation sites is 1. The summed E-state index contributed by atoms with van der Waals surface area (Å²) < 4.78 is 6.97. The largest absolute Gasteiger partial charge is 0.469 e. The van der Waals surface area contributed by atoms with E-state index >= 15 is 0 Å². The van der Waals surface area contributed by atoms with E-state index in [4.69, 9.17) is 4.42 Å². The fourth-order valence-corrected chi connectivity index (χ4v) is 2.26. The number of hydrogen-bond donors (Lipinski definition) is 0. The number of carbonyl (C=O) groups excluding carboxylic acids is 1. The zero-order chi connectivity index (χ0) is 13.4. The number of nitrogens with zero attached hydrogens (tertiary/aromatic N) is 2. The molecule has 0 unspecified atom stereocenters. The normalized spacial score (nSPS) is 11.1. The summed E-state index contributed by atoms with van der Waals surface area (Å²) in [5.74, 6) is 0.773. The van der Waals surface area contributed by atoms with Gasteiger partial charge in [-0.1, -0.05) is 18.2 Å². The highest BCUT2D eigenvalue weighted by Crippen LogP contribution is 2.19. The Bertz CT molecular complexity index is 752. The Kier molecular flexibility index (Phi) is 2.71. The van der Waals surface area contributed by atoms with Gasteiger partial charge in [-0.05, 0) is 19.1 Å². The van der Waals surface area contributed by atoms with Crippen LogP contribution in [0.3, 0.4) is 0 Å². The first kappa shape index (κ1) is 11.7. The molecule has 0 N–H and O–H groups in total. The smallest absolute Gasteiger partial charge is 0.172 e. The molecule has 0 bridgehead atoms. The predicted octanol–water partition coefficient (Wildman–Crippen LogP) is 2.90. The molecule has 0 aliphatic carbocycles. The van der Waals surface area contributed by atoms with Gasteiger partial charge in [0.1, 0.15) is 12.0 Å². The molecule has 0 fully saturated rings. The summed E-state index contributed by atoms with van der Waals surface area (Å²) in [6.45, 7) is 1.83. The molecule has 0 spiro atoms. The third kappa shape index (κ3) is 2.05. The molecule has 96 valence electrons. The van der Waals surface area contributed by atoms with Crippen LogP contribution in [-0.4, -0.2) is 15.6 Å². The molecular formula is C15H14N2O2. The zero-order valence-electron chi connectivity index (χ0n) is 10.9. The first-order chi connectivity index (χ1) is 9.15. The topological polar surface area (TPSA) is 48.0 Å². The van der Waals surface area contributed by atoms with Crippen molar-refractivity contribution >= 4 is 16.7 Å². The second-order valence-corrected chi connectivity index (χ2v) is 4.63. The van der Waals surface area contributed by atoms with E-state index in [0.717, 1.165) is 22.4 Å². The fourth-order valence-electron chi connectivity index (χ4n) is 2.26. The Balaban J connectivity index is 1.95. The molecule has 0 amide bonds.